The molecular weight excluding hydrogens is 379 g/mol. The highest BCUT2D eigenvalue weighted by molar-refractivity contribution is 7.91. The number of halogens is 4. The predicted octanol–water partition coefficient (Wildman–Crippen LogP) is 3.41. The summed E-state index contributed by atoms with van der Waals surface area (Å²) in [5, 5.41) is 0.0866. The van der Waals surface area contributed by atoms with E-state index in [2.05, 4.69) is 0 Å². The molecule has 1 saturated heterocycles. The molecule has 1 amide bonds. The largest absolute Gasteiger partial charge is 0.416 e. The Bertz CT molecular complexity index is 790. The fourth-order valence-electron chi connectivity index (χ4n) is 2.72. The summed E-state index contributed by atoms with van der Waals surface area (Å²) in [7, 11) is -3.14. The van der Waals surface area contributed by atoms with E-state index in [9.17, 15) is 26.4 Å². The second-order valence-electron chi connectivity index (χ2n) is 5.75. The Morgan fingerprint density at radius 3 is 2.60 bits per heavy atom. The molecule has 1 aliphatic heterocycles. The molecule has 1 fully saturated rings. The van der Waals surface area contributed by atoms with Gasteiger partial charge in [-0.15, -0.1) is 0 Å². The van der Waals surface area contributed by atoms with Gasteiger partial charge in [0.05, 0.1) is 17.1 Å². The van der Waals surface area contributed by atoms with E-state index < -0.39 is 33.5 Å². The van der Waals surface area contributed by atoms with Crippen LogP contribution in [0.15, 0.2) is 24.3 Å². The normalized spacial score (nSPS) is 20.1. The standard InChI is InChI=1S/C16H17ClF3NO3S/c1-2-21(13-7-8-25(23,24)10-13)15(22)6-3-11-9-12(16(18,19)20)4-5-14(11)17/h3-6,9,13H,2,7-8,10H2,1H3/b6-3+. The van der Waals surface area contributed by atoms with Gasteiger partial charge >= 0.3 is 6.18 Å². The van der Waals surface area contributed by atoms with Gasteiger partial charge in [0.2, 0.25) is 5.91 Å². The molecule has 0 bridgehead atoms. The van der Waals surface area contributed by atoms with Crippen molar-refractivity contribution in [2.24, 2.45) is 0 Å². The molecule has 1 aromatic rings. The number of alkyl halides is 3. The van der Waals surface area contributed by atoms with Gasteiger partial charge in [0.25, 0.3) is 0 Å². The molecule has 0 N–H and O–H groups in total. The van der Waals surface area contributed by atoms with Crippen molar-refractivity contribution in [1.29, 1.82) is 0 Å². The van der Waals surface area contributed by atoms with Crippen LogP contribution in [-0.4, -0.2) is 43.3 Å². The highest BCUT2D eigenvalue weighted by atomic mass is 35.5. The number of nitrogens with zero attached hydrogens (tertiary/aromatic N) is 1. The molecule has 138 valence electrons. The van der Waals surface area contributed by atoms with Crippen molar-refractivity contribution in [1.82, 2.24) is 4.90 Å². The van der Waals surface area contributed by atoms with E-state index >= 15 is 0 Å². The Balaban J connectivity index is 2.19. The molecule has 1 aliphatic rings. The molecule has 1 heterocycles. The third kappa shape index (κ3) is 4.98. The molecule has 0 radical (unpaired) electrons. The zero-order chi connectivity index (χ0) is 18.8. The molecule has 0 aromatic heterocycles. The molecular formula is C16H17ClF3NO3S. The molecule has 0 aliphatic carbocycles. The SMILES string of the molecule is CCN(C(=O)/C=C/c1cc(C(F)(F)F)ccc1Cl)C1CCS(=O)(=O)C1. The van der Waals surface area contributed by atoms with E-state index in [1.807, 2.05) is 0 Å². The smallest absolute Gasteiger partial charge is 0.335 e. The summed E-state index contributed by atoms with van der Waals surface area (Å²) in [6.07, 6.45) is -1.81. The number of amides is 1. The van der Waals surface area contributed by atoms with Crippen molar-refractivity contribution in [3.63, 3.8) is 0 Å². The minimum atomic E-state index is -4.51. The first-order chi connectivity index (χ1) is 11.5. The molecule has 1 unspecified atom stereocenters. The first-order valence-electron chi connectivity index (χ1n) is 7.59. The van der Waals surface area contributed by atoms with E-state index in [0.717, 1.165) is 24.3 Å². The lowest BCUT2D eigenvalue weighted by atomic mass is 10.1. The number of sulfone groups is 1. The lowest BCUT2D eigenvalue weighted by Gasteiger charge is -2.25. The van der Waals surface area contributed by atoms with E-state index in [0.29, 0.717) is 13.0 Å². The van der Waals surface area contributed by atoms with Crippen molar-refractivity contribution >= 4 is 33.4 Å². The van der Waals surface area contributed by atoms with Crippen LogP contribution in [0.2, 0.25) is 5.02 Å². The molecule has 4 nitrogen and oxygen atoms in total. The summed E-state index contributed by atoms with van der Waals surface area (Å²) in [5.74, 6) is -0.520. The summed E-state index contributed by atoms with van der Waals surface area (Å²) in [4.78, 5) is 13.7. The maximum Gasteiger partial charge on any atom is 0.416 e. The van der Waals surface area contributed by atoms with Gasteiger partial charge in [-0.1, -0.05) is 11.6 Å². The van der Waals surface area contributed by atoms with Crippen LogP contribution in [0.4, 0.5) is 13.2 Å². The first kappa shape index (κ1) is 19.8. The summed E-state index contributed by atoms with van der Waals surface area (Å²) in [6, 6.07) is 2.44. The average Bonchev–Trinajstić information content (AvgIpc) is 2.86. The fourth-order valence-corrected chi connectivity index (χ4v) is 4.63. The zero-order valence-corrected chi connectivity index (χ0v) is 15.0. The van der Waals surface area contributed by atoms with Gasteiger partial charge in [0.1, 0.15) is 0 Å². The second-order valence-corrected chi connectivity index (χ2v) is 8.38. The molecule has 0 spiro atoms. The minimum Gasteiger partial charge on any atom is -0.335 e. The van der Waals surface area contributed by atoms with Crippen LogP contribution >= 0.6 is 11.6 Å². The van der Waals surface area contributed by atoms with Gasteiger partial charge in [-0.2, -0.15) is 13.2 Å². The average molecular weight is 396 g/mol. The number of likely N-dealkylation sites (N-methyl/N-ethyl adjacent to an activating group) is 1. The van der Waals surface area contributed by atoms with Crippen LogP contribution in [-0.2, 0) is 20.8 Å². The predicted molar refractivity (Wildman–Crippen MR) is 89.9 cm³/mol. The topological polar surface area (TPSA) is 54.5 Å². The van der Waals surface area contributed by atoms with Gasteiger partial charge < -0.3 is 4.90 Å². The van der Waals surface area contributed by atoms with Crippen LogP contribution < -0.4 is 0 Å². The Morgan fingerprint density at radius 2 is 2.08 bits per heavy atom. The van der Waals surface area contributed by atoms with Gasteiger partial charge in [-0.3, -0.25) is 4.79 Å². The maximum atomic E-state index is 12.8. The lowest BCUT2D eigenvalue weighted by Crippen LogP contribution is -2.40. The van der Waals surface area contributed by atoms with Crippen molar-refractivity contribution in [3.8, 4) is 0 Å². The third-order valence-electron chi connectivity index (χ3n) is 4.00. The van der Waals surface area contributed by atoms with E-state index in [4.69, 9.17) is 11.6 Å². The van der Waals surface area contributed by atoms with E-state index in [1.54, 1.807) is 6.92 Å². The molecule has 1 aromatic carbocycles. The van der Waals surface area contributed by atoms with Crippen LogP contribution in [0.5, 0.6) is 0 Å². The summed E-state index contributed by atoms with van der Waals surface area (Å²) in [6.45, 7) is 2.02. The summed E-state index contributed by atoms with van der Waals surface area (Å²) < 4.78 is 61.4. The zero-order valence-electron chi connectivity index (χ0n) is 13.4. The number of carbonyl (C=O) groups is 1. The second kappa shape index (κ2) is 7.37. The van der Waals surface area contributed by atoms with Crippen LogP contribution in [0, 0.1) is 0 Å². The summed E-state index contributed by atoms with van der Waals surface area (Å²) in [5.41, 5.74) is -0.793. The van der Waals surface area contributed by atoms with Gasteiger partial charge in [-0.25, -0.2) is 8.42 Å². The number of carbonyl (C=O) groups excluding carboxylic acids is 1. The fraction of sp³-hybridized carbons (Fsp3) is 0.438. The number of benzene rings is 1. The number of hydrogen-bond donors (Lipinski definition) is 0. The highest BCUT2D eigenvalue weighted by Crippen LogP contribution is 2.32. The highest BCUT2D eigenvalue weighted by Gasteiger charge is 2.33. The monoisotopic (exact) mass is 395 g/mol. The summed E-state index contributed by atoms with van der Waals surface area (Å²) >= 11 is 5.88. The van der Waals surface area contributed by atoms with Crippen molar-refractivity contribution < 1.29 is 26.4 Å². The van der Waals surface area contributed by atoms with E-state index in [1.165, 1.54) is 11.0 Å². The van der Waals surface area contributed by atoms with Gasteiger partial charge in [0.15, 0.2) is 9.84 Å². The van der Waals surface area contributed by atoms with Crippen LogP contribution in [0.1, 0.15) is 24.5 Å². The quantitative estimate of drug-likeness (QED) is 0.734. The van der Waals surface area contributed by atoms with Crippen molar-refractivity contribution in [2.45, 2.75) is 25.6 Å². The third-order valence-corrected chi connectivity index (χ3v) is 6.10. The van der Waals surface area contributed by atoms with Crippen molar-refractivity contribution in [2.75, 3.05) is 18.1 Å². The lowest BCUT2D eigenvalue weighted by molar-refractivity contribution is -0.137. The Morgan fingerprint density at radius 1 is 1.40 bits per heavy atom. The van der Waals surface area contributed by atoms with Crippen molar-refractivity contribution in [3.05, 3.63) is 40.4 Å². The van der Waals surface area contributed by atoms with E-state index in [-0.39, 0.29) is 22.1 Å². The Labute approximate surface area is 149 Å². The number of hydrogen-bond acceptors (Lipinski definition) is 3. The first-order valence-corrected chi connectivity index (χ1v) is 9.79. The van der Waals surface area contributed by atoms with Crippen LogP contribution in [0.25, 0.3) is 6.08 Å². The minimum absolute atomic E-state index is 0.0324. The Hall–Kier alpha value is -1.54. The molecule has 25 heavy (non-hydrogen) atoms. The van der Waals surface area contributed by atoms with Gasteiger partial charge in [-0.05, 0) is 43.2 Å². The Kier molecular flexibility index (Phi) is 5.83. The maximum absolute atomic E-state index is 12.8. The molecule has 2 rings (SSSR count). The van der Waals surface area contributed by atoms with Crippen LogP contribution in [0.3, 0.4) is 0 Å². The van der Waals surface area contributed by atoms with Gasteiger partial charge in [0, 0.05) is 23.7 Å². The molecule has 0 saturated carbocycles. The number of rotatable bonds is 4. The molecule has 9 heteroatoms. The molecule has 1 atom stereocenters.